The second-order valence-electron chi connectivity index (χ2n) is 1.93. The number of hydrogen-bond acceptors (Lipinski definition) is 3. The van der Waals surface area contributed by atoms with Crippen molar-refractivity contribution >= 4 is 12.2 Å². The normalized spacial score (nSPS) is 8.60. The first-order valence-electron chi connectivity index (χ1n) is 2.68. The summed E-state index contributed by atoms with van der Waals surface area (Å²) in [5.41, 5.74) is 1.88. The zero-order valence-corrected chi connectivity index (χ0v) is 9.20. The van der Waals surface area contributed by atoms with E-state index in [1.54, 1.807) is 0 Å². The van der Waals surface area contributed by atoms with Gasteiger partial charge < -0.3 is 6.07 Å². The van der Waals surface area contributed by atoms with E-state index in [0.717, 1.165) is 11.4 Å². The van der Waals surface area contributed by atoms with Crippen LogP contribution >= 0.6 is 12.2 Å². The molecule has 0 aliphatic heterocycles. The first kappa shape index (κ1) is 10.3. The predicted octanol–water partition coefficient (Wildman–Crippen LogP) is -1.45. The molecule has 0 bridgehead atoms. The van der Waals surface area contributed by atoms with Gasteiger partial charge in [-0.05, 0) is 12.2 Å². The molecule has 0 saturated heterocycles. The van der Waals surface area contributed by atoms with Crippen LogP contribution < -0.4 is 29.6 Å². The van der Waals surface area contributed by atoms with Gasteiger partial charge in [0.2, 0.25) is 4.77 Å². The molecule has 0 fully saturated rings. The molecule has 1 rings (SSSR count). The Morgan fingerprint density at radius 3 is 1.90 bits per heavy atom. The molecule has 1 aromatic heterocycles. The maximum Gasteiger partial charge on any atom is 1.00 e. The topological polar surface area (TPSA) is 25.8 Å². The summed E-state index contributed by atoms with van der Waals surface area (Å²) in [4.78, 5) is 7.88. The van der Waals surface area contributed by atoms with Crippen LogP contribution in [0.1, 0.15) is 11.4 Å². The van der Waals surface area contributed by atoms with Crippen LogP contribution in [-0.4, -0.2) is 9.97 Å². The molecule has 4 heteroatoms. The smallest absolute Gasteiger partial charge is 0.305 e. The molecule has 0 aromatic carbocycles. The minimum Gasteiger partial charge on any atom is -0.305 e. The summed E-state index contributed by atoms with van der Waals surface area (Å²) in [5, 5.41) is 0. The Hall–Kier alpha value is 0.300. The monoisotopic (exact) mass is 162 g/mol. The van der Waals surface area contributed by atoms with Crippen LogP contribution in [0.15, 0.2) is 6.07 Å². The van der Waals surface area contributed by atoms with Gasteiger partial charge in [0, 0.05) is 0 Å². The maximum atomic E-state index is 4.76. The van der Waals surface area contributed by atoms with Crippen LogP contribution in [0.5, 0.6) is 0 Å². The molecule has 48 valence electrons. The minimum absolute atomic E-state index is 0. The average molecular weight is 162 g/mol. The number of hydrogen-bond donors (Lipinski definition) is 0. The molecule has 0 saturated carbocycles. The van der Waals surface area contributed by atoms with E-state index in [-0.39, 0.29) is 29.6 Å². The summed E-state index contributed by atoms with van der Waals surface area (Å²) in [7, 11) is 0. The van der Waals surface area contributed by atoms with Crippen molar-refractivity contribution in [1.29, 1.82) is 0 Å². The van der Waals surface area contributed by atoms with E-state index in [0.29, 0.717) is 4.77 Å². The fraction of sp³-hybridized carbons (Fsp3) is 0.333. The van der Waals surface area contributed by atoms with Crippen LogP contribution in [0.2, 0.25) is 0 Å². The maximum absolute atomic E-state index is 4.76. The molecule has 10 heavy (non-hydrogen) atoms. The van der Waals surface area contributed by atoms with Crippen LogP contribution in [0, 0.1) is 18.6 Å². The zero-order chi connectivity index (χ0) is 6.85. The fourth-order valence-electron chi connectivity index (χ4n) is 0.694. The van der Waals surface area contributed by atoms with Gasteiger partial charge in [-0.1, -0.05) is 13.8 Å². The van der Waals surface area contributed by atoms with E-state index in [1.807, 2.05) is 19.9 Å². The summed E-state index contributed by atoms with van der Waals surface area (Å²) >= 11 is 4.76. The average Bonchev–Trinajstić information content (AvgIpc) is 1.59. The Kier molecular flexibility index (Phi) is 4.36. The number of rotatable bonds is 0. The quantitative estimate of drug-likeness (QED) is 0.265. The third-order valence-corrected chi connectivity index (χ3v) is 1.14. The Morgan fingerprint density at radius 2 is 1.60 bits per heavy atom. The molecule has 0 radical (unpaired) electrons. The molecule has 0 N–H and O–H groups in total. The van der Waals surface area contributed by atoms with E-state index >= 15 is 0 Å². The van der Waals surface area contributed by atoms with Gasteiger partial charge in [0.1, 0.15) is 0 Å². The van der Waals surface area contributed by atoms with Crippen molar-refractivity contribution in [3.63, 3.8) is 0 Å². The van der Waals surface area contributed by atoms with Crippen molar-refractivity contribution < 1.29 is 29.6 Å². The fourth-order valence-corrected chi connectivity index (χ4v) is 0.982. The summed E-state index contributed by atoms with van der Waals surface area (Å²) in [6, 6.07) is 1.90. The molecule has 0 atom stereocenters. The molecular formula is C6H7N2NaS. The first-order chi connectivity index (χ1) is 4.18. The molecule has 0 spiro atoms. The van der Waals surface area contributed by atoms with Crippen molar-refractivity contribution in [3.8, 4) is 0 Å². The van der Waals surface area contributed by atoms with E-state index in [2.05, 4.69) is 9.97 Å². The molecule has 0 amide bonds. The third-order valence-electron chi connectivity index (χ3n) is 0.962. The molecule has 1 heterocycles. The molecule has 0 aliphatic carbocycles. The van der Waals surface area contributed by atoms with Crippen LogP contribution in [0.25, 0.3) is 0 Å². The van der Waals surface area contributed by atoms with Gasteiger partial charge in [-0.3, -0.25) is 9.97 Å². The third kappa shape index (κ3) is 2.92. The SMILES string of the molecule is Cc1[cH-]c(C)nc(=S)n1.[Na+]. The summed E-state index contributed by atoms with van der Waals surface area (Å²) in [6.07, 6.45) is 0. The molecule has 2 nitrogen and oxygen atoms in total. The van der Waals surface area contributed by atoms with Gasteiger partial charge in [0.05, 0.1) is 0 Å². The van der Waals surface area contributed by atoms with Gasteiger partial charge in [-0.25, -0.2) is 0 Å². The Bertz CT molecular complexity index is 245. The van der Waals surface area contributed by atoms with Gasteiger partial charge >= 0.3 is 29.6 Å². The summed E-state index contributed by atoms with van der Waals surface area (Å²) < 4.78 is 0.438. The van der Waals surface area contributed by atoms with Gasteiger partial charge in [0.15, 0.2) is 0 Å². The summed E-state index contributed by atoms with van der Waals surface area (Å²) in [6.45, 7) is 3.81. The molecule has 0 aliphatic rings. The van der Waals surface area contributed by atoms with Crippen LogP contribution in [0.3, 0.4) is 0 Å². The number of aromatic nitrogens is 2. The van der Waals surface area contributed by atoms with Gasteiger partial charge in [0.25, 0.3) is 0 Å². The minimum atomic E-state index is 0. The second-order valence-corrected chi connectivity index (χ2v) is 2.30. The van der Waals surface area contributed by atoms with E-state index < -0.39 is 0 Å². The van der Waals surface area contributed by atoms with Crippen molar-refractivity contribution in [3.05, 3.63) is 22.2 Å². The predicted molar refractivity (Wildman–Crippen MR) is 37.9 cm³/mol. The number of aryl methyl sites for hydroxylation is 2. The Morgan fingerprint density at radius 1 is 1.20 bits per heavy atom. The van der Waals surface area contributed by atoms with Crippen molar-refractivity contribution in [2.75, 3.05) is 0 Å². The largest absolute Gasteiger partial charge is 1.00 e. The molecule has 1 aromatic rings. The van der Waals surface area contributed by atoms with E-state index in [9.17, 15) is 0 Å². The van der Waals surface area contributed by atoms with Crippen molar-refractivity contribution in [2.45, 2.75) is 13.8 Å². The first-order valence-corrected chi connectivity index (χ1v) is 3.08. The van der Waals surface area contributed by atoms with Crippen molar-refractivity contribution in [1.82, 2.24) is 9.97 Å². The van der Waals surface area contributed by atoms with E-state index in [4.69, 9.17) is 12.2 Å². The van der Waals surface area contributed by atoms with Crippen LogP contribution in [0.4, 0.5) is 0 Å². The molecular weight excluding hydrogens is 155 g/mol. The standard InChI is InChI=1S/C6H7N2S.Na/c1-4-3-5(2)8-6(9)7-4;/h3H,1-2H3;/q-1;+1. The molecule has 0 unspecified atom stereocenters. The second kappa shape index (κ2) is 4.23. The van der Waals surface area contributed by atoms with Crippen LogP contribution in [-0.2, 0) is 0 Å². The zero-order valence-electron chi connectivity index (χ0n) is 6.38. The van der Waals surface area contributed by atoms with E-state index in [1.165, 1.54) is 0 Å². The van der Waals surface area contributed by atoms with Gasteiger partial charge in [-0.15, -0.1) is 11.4 Å². The summed E-state index contributed by atoms with van der Waals surface area (Å²) in [5.74, 6) is 0. The Balaban J connectivity index is 0.000000810. The number of nitrogens with zero attached hydrogens (tertiary/aromatic N) is 2. The Labute approximate surface area is 87.4 Å². The van der Waals surface area contributed by atoms with Crippen molar-refractivity contribution in [2.24, 2.45) is 0 Å². The van der Waals surface area contributed by atoms with Gasteiger partial charge in [-0.2, -0.15) is 0 Å².